The van der Waals surface area contributed by atoms with Crippen LogP contribution in [0, 0.1) is 18.3 Å². The van der Waals surface area contributed by atoms with Crippen molar-refractivity contribution in [2.75, 3.05) is 24.1 Å². The van der Waals surface area contributed by atoms with Crippen molar-refractivity contribution < 1.29 is 0 Å². The van der Waals surface area contributed by atoms with Gasteiger partial charge in [0.1, 0.15) is 28.9 Å². The van der Waals surface area contributed by atoms with Gasteiger partial charge in [-0.3, -0.25) is 9.47 Å². The molecule has 0 radical (unpaired) electrons. The standard InChI is InChI=1S/C32H31N13/c1-20-29(42-43(2)41-20)25-9-10-26-32(38-25)45(31(39-26)24-4-3-14-36-30(24)34)23-7-5-21(6-8-23)19-44-16-12-22(13-17-44)37-27-11-15-35-28(18-33)40-27/h3-11,14-15,22H,12-13,16-17,19H2,1-2H3,(H2,34,36)(H,35,37,40). The highest BCUT2D eigenvalue weighted by atomic mass is 15.5. The van der Waals surface area contributed by atoms with Gasteiger partial charge in [0.25, 0.3) is 0 Å². The van der Waals surface area contributed by atoms with Gasteiger partial charge in [-0.2, -0.15) is 20.3 Å². The number of aryl methyl sites for hydroxylation is 2. The maximum atomic E-state index is 9.07. The molecule has 5 aromatic heterocycles. The number of hydrogen-bond acceptors (Lipinski definition) is 11. The number of nitrogens with one attached hydrogen (secondary N) is 1. The summed E-state index contributed by atoms with van der Waals surface area (Å²) in [6, 6.07) is 20.3. The molecule has 0 spiro atoms. The van der Waals surface area contributed by atoms with Crippen molar-refractivity contribution in [2.45, 2.75) is 32.4 Å². The molecule has 0 saturated carbocycles. The van der Waals surface area contributed by atoms with Gasteiger partial charge in [0.15, 0.2) is 11.5 Å². The van der Waals surface area contributed by atoms with E-state index in [-0.39, 0.29) is 5.82 Å². The van der Waals surface area contributed by atoms with Crippen molar-refractivity contribution >= 4 is 22.8 Å². The van der Waals surface area contributed by atoms with E-state index in [9.17, 15) is 0 Å². The van der Waals surface area contributed by atoms with Gasteiger partial charge < -0.3 is 11.1 Å². The topological polar surface area (TPSA) is 165 Å². The van der Waals surface area contributed by atoms with Gasteiger partial charge in [0.2, 0.25) is 5.82 Å². The summed E-state index contributed by atoms with van der Waals surface area (Å²) in [7, 11) is 1.80. The molecule has 6 aromatic rings. The Bertz CT molecular complexity index is 2030. The minimum atomic E-state index is 0.178. The molecule has 1 saturated heterocycles. The average Bonchev–Trinajstić information content (AvgIpc) is 3.61. The fourth-order valence-electron chi connectivity index (χ4n) is 5.81. The number of rotatable bonds is 7. The van der Waals surface area contributed by atoms with E-state index >= 15 is 0 Å². The molecule has 0 amide bonds. The summed E-state index contributed by atoms with van der Waals surface area (Å²) >= 11 is 0. The van der Waals surface area contributed by atoms with E-state index in [1.807, 2.05) is 41.8 Å². The van der Waals surface area contributed by atoms with Gasteiger partial charge >= 0.3 is 0 Å². The number of benzene rings is 1. The van der Waals surface area contributed by atoms with Crippen molar-refractivity contribution in [3.8, 4) is 34.5 Å². The Morgan fingerprint density at radius 2 is 1.78 bits per heavy atom. The van der Waals surface area contributed by atoms with E-state index in [1.165, 1.54) is 5.56 Å². The predicted molar refractivity (Wildman–Crippen MR) is 170 cm³/mol. The van der Waals surface area contributed by atoms with Crippen LogP contribution < -0.4 is 11.1 Å². The van der Waals surface area contributed by atoms with Crippen molar-refractivity contribution in [3.05, 3.63) is 84.1 Å². The number of imidazole rings is 1. The van der Waals surface area contributed by atoms with E-state index in [1.54, 1.807) is 30.3 Å². The summed E-state index contributed by atoms with van der Waals surface area (Å²) in [6.07, 6.45) is 5.26. The normalized spacial score (nSPS) is 14.1. The summed E-state index contributed by atoms with van der Waals surface area (Å²) in [6.45, 7) is 4.69. The molecule has 0 unspecified atom stereocenters. The first-order valence-electron chi connectivity index (χ1n) is 14.7. The van der Waals surface area contributed by atoms with E-state index in [0.717, 1.165) is 66.3 Å². The third-order valence-electron chi connectivity index (χ3n) is 8.00. The monoisotopic (exact) mass is 597 g/mol. The minimum absolute atomic E-state index is 0.178. The number of anilines is 2. The highest BCUT2D eigenvalue weighted by Gasteiger charge is 2.22. The third-order valence-corrected chi connectivity index (χ3v) is 8.00. The second-order valence-electron chi connectivity index (χ2n) is 11.1. The molecule has 1 aliphatic heterocycles. The van der Waals surface area contributed by atoms with Crippen LogP contribution in [0.2, 0.25) is 0 Å². The number of pyridine rings is 2. The van der Waals surface area contributed by atoms with Gasteiger partial charge in [0, 0.05) is 50.8 Å². The second-order valence-corrected chi connectivity index (χ2v) is 11.1. The molecule has 7 rings (SSSR count). The molecule has 1 aromatic carbocycles. The van der Waals surface area contributed by atoms with E-state index in [4.69, 9.17) is 21.0 Å². The average molecular weight is 598 g/mol. The van der Waals surface area contributed by atoms with Crippen LogP contribution >= 0.6 is 0 Å². The van der Waals surface area contributed by atoms with Crippen molar-refractivity contribution in [1.82, 2.24) is 49.4 Å². The fraction of sp³-hybridized carbons (Fsp3) is 0.250. The third kappa shape index (κ3) is 5.66. The van der Waals surface area contributed by atoms with E-state index < -0.39 is 0 Å². The summed E-state index contributed by atoms with van der Waals surface area (Å²) in [5, 5.41) is 21.4. The number of piperidine rings is 1. The largest absolute Gasteiger partial charge is 0.383 e. The molecular weight excluding hydrogens is 566 g/mol. The SMILES string of the molecule is Cc1nn(C)nc1-c1ccc2nc(-c3cccnc3N)n(-c3ccc(CN4CCC(Nc5ccnc(C#N)n5)CC4)cc3)c2n1. The summed E-state index contributed by atoms with van der Waals surface area (Å²) in [5.74, 6) is 1.95. The molecule has 3 N–H and O–H groups in total. The number of aromatic nitrogens is 9. The Hall–Kier alpha value is -5.74. The Morgan fingerprint density at radius 3 is 2.51 bits per heavy atom. The van der Waals surface area contributed by atoms with Gasteiger partial charge in [-0.25, -0.2) is 24.9 Å². The van der Waals surface area contributed by atoms with Crippen LogP contribution in [-0.2, 0) is 13.6 Å². The van der Waals surface area contributed by atoms with E-state index in [0.29, 0.717) is 29.1 Å². The number of nitrogen functional groups attached to an aromatic ring is 1. The van der Waals surface area contributed by atoms with Crippen LogP contribution in [-0.4, -0.2) is 68.5 Å². The molecule has 1 fully saturated rings. The lowest BCUT2D eigenvalue weighted by molar-refractivity contribution is 0.211. The zero-order valence-corrected chi connectivity index (χ0v) is 25.0. The maximum absolute atomic E-state index is 9.07. The van der Waals surface area contributed by atoms with E-state index in [2.05, 4.69) is 59.6 Å². The maximum Gasteiger partial charge on any atom is 0.234 e. The van der Waals surface area contributed by atoms with Crippen molar-refractivity contribution in [2.24, 2.45) is 7.05 Å². The summed E-state index contributed by atoms with van der Waals surface area (Å²) in [4.78, 5) is 26.5. The lowest BCUT2D eigenvalue weighted by Crippen LogP contribution is -2.38. The molecule has 45 heavy (non-hydrogen) atoms. The number of likely N-dealkylation sites (tertiary alicyclic amines) is 1. The Labute approximate surface area is 259 Å². The molecule has 0 atom stereocenters. The predicted octanol–water partition coefficient (Wildman–Crippen LogP) is 3.91. The molecule has 13 heteroatoms. The molecule has 6 heterocycles. The number of fused-ring (bicyclic) bond motifs is 1. The first-order valence-corrected chi connectivity index (χ1v) is 14.7. The number of nitrogens with two attached hydrogens (primary N) is 1. The molecular formula is C32H31N13. The quantitative estimate of drug-likeness (QED) is 0.274. The van der Waals surface area contributed by atoms with Crippen molar-refractivity contribution in [1.29, 1.82) is 5.26 Å². The first-order chi connectivity index (χ1) is 21.9. The highest BCUT2D eigenvalue weighted by molar-refractivity contribution is 5.84. The zero-order chi connectivity index (χ0) is 30.9. The lowest BCUT2D eigenvalue weighted by atomic mass is 10.0. The molecule has 224 valence electrons. The van der Waals surface area contributed by atoms with Crippen LogP contribution in [0.1, 0.15) is 29.9 Å². The number of nitrogens with zero attached hydrogens (tertiary/aromatic N) is 11. The van der Waals surface area contributed by atoms with Crippen LogP contribution in [0.4, 0.5) is 11.6 Å². The van der Waals surface area contributed by atoms with Gasteiger partial charge in [-0.15, -0.1) is 0 Å². The first kappa shape index (κ1) is 28.1. The second kappa shape index (κ2) is 11.7. The van der Waals surface area contributed by atoms with Crippen LogP contribution in [0.3, 0.4) is 0 Å². The fourth-order valence-corrected chi connectivity index (χ4v) is 5.81. The molecule has 0 aliphatic carbocycles. The van der Waals surface area contributed by atoms with Gasteiger partial charge in [-0.1, -0.05) is 12.1 Å². The van der Waals surface area contributed by atoms with Crippen molar-refractivity contribution in [3.63, 3.8) is 0 Å². The minimum Gasteiger partial charge on any atom is -0.383 e. The highest BCUT2D eigenvalue weighted by Crippen LogP contribution is 2.32. The summed E-state index contributed by atoms with van der Waals surface area (Å²) in [5.41, 5.74) is 12.9. The van der Waals surface area contributed by atoms with Crippen LogP contribution in [0.15, 0.2) is 67.0 Å². The van der Waals surface area contributed by atoms with Gasteiger partial charge in [-0.05, 0) is 67.8 Å². The van der Waals surface area contributed by atoms with Crippen LogP contribution in [0.25, 0.3) is 39.6 Å². The Kier molecular flexibility index (Phi) is 7.32. The molecule has 1 aliphatic rings. The zero-order valence-electron chi connectivity index (χ0n) is 25.0. The Morgan fingerprint density at radius 1 is 0.956 bits per heavy atom. The lowest BCUT2D eigenvalue weighted by Gasteiger charge is -2.32. The number of nitriles is 1. The van der Waals surface area contributed by atoms with Crippen LogP contribution in [0.5, 0.6) is 0 Å². The van der Waals surface area contributed by atoms with Gasteiger partial charge in [0.05, 0.1) is 17.0 Å². The number of hydrogen-bond donors (Lipinski definition) is 2. The smallest absolute Gasteiger partial charge is 0.234 e. The molecule has 0 bridgehead atoms. The summed E-state index contributed by atoms with van der Waals surface area (Å²) < 4.78 is 2.03. The Balaban J connectivity index is 1.14. The molecule has 13 nitrogen and oxygen atoms in total.